The first-order chi connectivity index (χ1) is 6.02. The Hall–Kier alpha value is -1.69. The largest absolute Gasteiger partial charge is 0.477 e. The zero-order chi connectivity index (χ0) is 10.0. The van der Waals surface area contributed by atoms with Gasteiger partial charge in [0.25, 0.3) is 5.69 Å². The van der Waals surface area contributed by atoms with Crippen LogP contribution in [0.5, 0.6) is 0 Å². The van der Waals surface area contributed by atoms with Crippen LogP contribution in [0.2, 0.25) is 5.15 Å². The maximum absolute atomic E-state index is 10.4. The third-order valence-corrected chi connectivity index (χ3v) is 1.48. The van der Waals surface area contributed by atoms with Gasteiger partial charge in [0, 0.05) is 0 Å². The van der Waals surface area contributed by atoms with E-state index in [9.17, 15) is 14.9 Å². The first-order valence-corrected chi connectivity index (χ1v) is 3.43. The summed E-state index contributed by atoms with van der Waals surface area (Å²) in [5.41, 5.74) is -1.04. The minimum Gasteiger partial charge on any atom is -0.477 e. The molecule has 1 aromatic rings. The molecule has 0 aliphatic rings. The van der Waals surface area contributed by atoms with Gasteiger partial charge in [-0.05, 0) is 0 Å². The van der Waals surface area contributed by atoms with E-state index in [1.807, 2.05) is 0 Å². The number of carbonyl (C=O) groups is 1. The van der Waals surface area contributed by atoms with Crippen molar-refractivity contribution in [1.29, 1.82) is 0 Å². The van der Waals surface area contributed by atoms with Gasteiger partial charge in [0.15, 0.2) is 5.56 Å². The molecule has 0 amide bonds. The maximum Gasteiger partial charge on any atom is 0.344 e. The molecule has 6 nitrogen and oxygen atoms in total. The summed E-state index contributed by atoms with van der Waals surface area (Å²) in [4.78, 5) is 23.4. The Labute approximate surface area is 76.9 Å². The lowest BCUT2D eigenvalue weighted by Crippen LogP contribution is -2.03. The molecule has 7 heteroatoms. The predicted molar refractivity (Wildman–Crippen MR) is 42.9 cm³/mol. The lowest BCUT2D eigenvalue weighted by Gasteiger charge is -1.96. The molecular formula is C6H3ClN2O4. The van der Waals surface area contributed by atoms with Crippen molar-refractivity contribution in [3.63, 3.8) is 0 Å². The number of nitro groups is 1. The normalized spacial score (nSPS) is 9.62. The first kappa shape index (κ1) is 9.40. The van der Waals surface area contributed by atoms with E-state index in [2.05, 4.69) is 4.98 Å². The summed E-state index contributed by atoms with van der Waals surface area (Å²) in [6.45, 7) is 0. The number of halogens is 1. The number of aromatic carboxylic acids is 1. The fourth-order valence-electron chi connectivity index (χ4n) is 0.736. The number of aromatic nitrogens is 1. The summed E-state index contributed by atoms with van der Waals surface area (Å²) in [5.74, 6) is -1.41. The van der Waals surface area contributed by atoms with Crippen molar-refractivity contribution in [2.75, 3.05) is 0 Å². The van der Waals surface area contributed by atoms with Crippen molar-refractivity contribution < 1.29 is 14.8 Å². The molecule has 0 radical (unpaired) electrons. The van der Waals surface area contributed by atoms with Gasteiger partial charge in [-0.1, -0.05) is 11.6 Å². The average Bonchev–Trinajstić information content (AvgIpc) is 2.03. The standard InChI is InChI=1S/C6H3ClN2O4/c7-5-1-4(9(12)13)3(2-8-5)6(10)11/h1-2H,(H,10,11). The van der Waals surface area contributed by atoms with Crippen LogP contribution < -0.4 is 0 Å². The minimum absolute atomic E-state index is 0.114. The number of hydrogen-bond donors (Lipinski definition) is 1. The number of rotatable bonds is 2. The molecule has 1 heterocycles. The molecule has 0 atom stereocenters. The van der Waals surface area contributed by atoms with E-state index in [1.54, 1.807) is 0 Å². The molecule has 0 bridgehead atoms. The molecule has 1 rings (SSSR count). The van der Waals surface area contributed by atoms with Crippen LogP contribution in [0.4, 0.5) is 5.69 Å². The van der Waals surface area contributed by atoms with Crippen LogP contribution in [0.1, 0.15) is 10.4 Å². The Balaban J connectivity index is 3.35. The second-order valence-corrected chi connectivity index (χ2v) is 2.47. The highest BCUT2D eigenvalue weighted by Gasteiger charge is 2.20. The van der Waals surface area contributed by atoms with Gasteiger partial charge in [-0.25, -0.2) is 9.78 Å². The zero-order valence-electron chi connectivity index (χ0n) is 6.10. The summed E-state index contributed by atoms with van der Waals surface area (Å²) in [6, 6.07) is 0.894. The van der Waals surface area contributed by atoms with E-state index in [1.165, 1.54) is 0 Å². The average molecular weight is 203 g/mol. The van der Waals surface area contributed by atoms with E-state index >= 15 is 0 Å². The topological polar surface area (TPSA) is 93.3 Å². The molecule has 0 unspecified atom stereocenters. The van der Waals surface area contributed by atoms with Crippen LogP contribution in [0.25, 0.3) is 0 Å². The molecule has 0 saturated carbocycles. The predicted octanol–water partition coefficient (Wildman–Crippen LogP) is 1.34. The van der Waals surface area contributed by atoms with Gasteiger partial charge in [-0.15, -0.1) is 0 Å². The van der Waals surface area contributed by atoms with Gasteiger partial charge >= 0.3 is 5.97 Å². The molecule has 0 aromatic carbocycles. The fraction of sp³-hybridized carbons (Fsp3) is 0. The molecular weight excluding hydrogens is 200 g/mol. The van der Waals surface area contributed by atoms with Crippen molar-refractivity contribution in [2.24, 2.45) is 0 Å². The zero-order valence-corrected chi connectivity index (χ0v) is 6.85. The fourth-order valence-corrected chi connectivity index (χ4v) is 0.888. The highest BCUT2D eigenvalue weighted by molar-refractivity contribution is 6.29. The van der Waals surface area contributed by atoms with Gasteiger partial charge in [-0.3, -0.25) is 10.1 Å². The summed E-state index contributed by atoms with van der Waals surface area (Å²) in [6.07, 6.45) is 0.850. The third-order valence-electron chi connectivity index (χ3n) is 1.28. The van der Waals surface area contributed by atoms with Crippen LogP contribution >= 0.6 is 11.6 Å². The molecule has 0 aliphatic carbocycles. The molecule has 0 saturated heterocycles. The summed E-state index contributed by atoms with van der Waals surface area (Å²) in [5, 5.41) is 18.7. The van der Waals surface area contributed by atoms with Crippen molar-refractivity contribution in [3.05, 3.63) is 33.1 Å². The molecule has 13 heavy (non-hydrogen) atoms. The third kappa shape index (κ3) is 1.91. The van der Waals surface area contributed by atoms with Gasteiger partial charge in [-0.2, -0.15) is 0 Å². The quantitative estimate of drug-likeness (QED) is 0.444. The van der Waals surface area contributed by atoms with Gasteiger partial charge in [0.05, 0.1) is 17.2 Å². The molecule has 0 spiro atoms. The highest BCUT2D eigenvalue weighted by atomic mass is 35.5. The second kappa shape index (κ2) is 3.36. The molecule has 0 fully saturated rings. The van der Waals surface area contributed by atoms with E-state index in [0.717, 1.165) is 12.3 Å². The Kier molecular flexibility index (Phi) is 2.43. The monoisotopic (exact) mass is 202 g/mol. The van der Waals surface area contributed by atoms with Crippen LogP contribution in [-0.2, 0) is 0 Å². The van der Waals surface area contributed by atoms with Crippen molar-refractivity contribution in [1.82, 2.24) is 4.98 Å². The Morgan fingerprint density at radius 3 is 2.77 bits per heavy atom. The van der Waals surface area contributed by atoms with E-state index in [4.69, 9.17) is 16.7 Å². The molecule has 1 aromatic heterocycles. The lowest BCUT2D eigenvalue weighted by atomic mass is 10.2. The maximum atomic E-state index is 10.4. The Bertz CT molecular complexity index is 379. The van der Waals surface area contributed by atoms with E-state index in [0.29, 0.717) is 0 Å². The van der Waals surface area contributed by atoms with Gasteiger partial charge < -0.3 is 5.11 Å². The van der Waals surface area contributed by atoms with Crippen LogP contribution in [0.15, 0.2) is 12.3 Å². The van der Waals surface area contributed by atoms with Crippen molar-refractivity contribution in [2.45, 2.75) is 0 Å². The molecule has 68 valence electrons. The molecule has 0 aliphatic heterocycles. The lowest BCUT2D eigenvalue weighted by molar-refractivity contribution is -0.385. The Morgan fingerprint density at radius 1 is 1.69 bits per heavy atom. The SMILES string of the molecule is O=C(O)c1cnc(Cl)cc1[N+](=O)[O-]. The second-order valence-electron chi connectivity index (χ2n) is 2.09. The number of hydrogen-bond acceptors (Lipinski definition) is 4. The number of nitrogens with zero attached hydrogens (tertiary/aromatic N) is 2. The smallest absolute Gasteiger partial charge is 0.344 e. The number of carboxylic acids is 1. The first-order valence-electron chi connectivity index (χ1n) is 3.05. The minimum atomic E-state index is -1.41. The van der Waals surface area contributed by atoms with Gasteiger partial charge in [0.2, 0.25) is 0 Å². The van der Waals surface area contributed by atoms with Crippen LogP contribution in [0.3, 0.4) is 0 Å². The van der Waals surface area contributed by atoms with Crippen molar-refractivity contribution >= 4 is 23.3 Å². The number of pyridine rings is 1. The summed E-state index contributed by atoms with van der Waals surface area (Å²) >= 11 is 5.36. The van der Waals surface area contributed by atoms with Crippen LogP contribution in [-0.4, -0.2) is 21.0 Å². The molecule has 1 N–H and O–H groups in total. The van der Waals surface area contributed by atoms with Crippen LogP contribution in [0, 0.1) is 10.1 Å². The summed E-state index contributed by atoms with van der Waals surface area (Å²) < 4.78 is 0. The van der Waals surface area contributed by atoms with E-state index < -0.39 is 22.1 Å². The highest BCUT2D eigenvalue weighted by Crippen LogP contribution is 2.20. The number of carboxylic acid groups (broad SMARTS) is 1. The van der Waals surface area contributed by atoms with Gasteiger partial charge in [0.1, 0.15) is 5.15 Å². The summed E-state index contributed by atoms with van der Waals surface area (Å²) in [7, 11) is 0. The van der Waals surface area contributed by atoms with E-state index in [-0.39, 0.29) is 5.15 Å². The van der Waals surface area contributed by atoms with Crippen molar-refractivity contribution in [3.8, 4) is 0 Å². The Morgan fingerprint density at radius 2 is 2.31 bits per heavy atom.